The van der Waals surface area contributed by atoms with Crippen LogP contribution < -0.4 is 4.90 Å². The van der Waals surface area contributed by atoms with Gasteiger partial charge < -0.3 is 9.80 Å². The minimum Gasteiger partial charge on any atom is -0.357 e. The van der Waals surface area contributed by atoms with E-state index in [1.165, 1.54) is 12.8 Å². The van der Waals surface area contributed by atoms with Crippen LogP contribution in [-0.4, -0.2) is 42.0 Å². The zero-order chi connectivity index (χ0) is 16.6. The summed E-state index contributed by atoms with van der Waals surface area (Å²) in [6, 6.07) is 4.16. The minimum atomic E-state index is 0.147. The van der Waals surface area contributed by atoms with E-state index in [0.717, 1.165) is 31.7 Å². The number of halogens is 1. The molecule has 0 unspecified atom stereocenters. The van der Waals surface area contributed by atoms with E-state index in [4.69, 9.17) is 11.6 Å². The number of pyridine rings is 1. The quantitative estimate of drug-likeness (QED) is 0.843. The van der Waals surface area contributed by atoms with Crippen molar-refractivity contribution in [2.45, 2.75) is 45.6 Å². The Bertz CT molecular complexity index is 562. The second-order valence-electron chi connectivity index (χ2n) is 7.38. The van der Waals surface area contributed by atoms with Crippen molar-refractivity contribution in [2.24, 2.45) is 11.3 Å². The summed E-state index contributed by atoms with van der Waals surface area (Å²) < 4.78 is 0. The first-order chi connectivity index (χ1) is 10.9. The number of piperidine rings is 1. The van der Waals surface area contributed by atoms with Gasteiger partial charge >= 0.3 is 0 Å². The van der Waals surface area contributed by atoms with Crippen molar-refractivity contribution in [3.63, 3.8) is 0 Å². The molecule has 3 rings (SSSR count). The number of amides is 1. The van der Waals surface area contributed by atoms with E-state index in [0.29, 0.717) is 22.4 Å². The molecule has 0 radical (unpaired) electrons. The Morgan fingerprint density at radius 2 is 2.04 bits per heavy atom. The van der Waals surface area contributed by atoms with Crippen molar-refractivity contribution < 1.29 is 4.79 Å². The van der Waals surface area contributed by atoms with Gasteiger partial charge in [0.25, 0.3) is 0 Å². The Morgan fingerprint density at radius 3 is 2.57 bits per heavy atom. The highest BCUT2D eigenvalue weighted by molar-refractivity contribution is 6.30. The lowest BCUT2D eigenvalue weighted by Gasteiger charge is -2.37. The van der Waals surface area contributed by atoms with E-state index in [-0.39, 0.29) is 5.92 Å². The second-order valence-corrected chi connectivity index (χ2v) is 7.81. The van der Waals surface area contributed by atoms with Crippen molar-refractivity contribution in [2.75, 3.05) is 25.0 Å². The van der Waals surface area contributed by atoms with Crippen molar-refractivity contribution in [3.05, 3.63) is 23.4 Å². The maximum atomic E-state index is 12.8. The molecule has 1 aliphatic carbocycles. The normalized spacial score (nSPS) is 21.8. The second kappa shape index (κ2) is 6.31. The lowest BCUT2D eigenvalue weighted by atomic mass is 9.92. The maximum Gasteiger partial charge on any atom is 0.225 e. The molecule has 23 heavy (non-hydrogen) atoms. The molecule has 1 aromatic rings. The SMILES string of the molecule is C[C@@H](N(C)C(=O)C1CCN(c2ccc(Cl)cn2)CC1)C1(C)CC1. The fourth-order valence-electron chi connectivity index (χ4n) is 3.47. The van der Waals surface area contributed by atoms with Gasteiger partial charge in [0.05, 0.1) is 5.02 Å². The summed E-state index contributed by atoms with van der Waals surface area (Å²) in [4.78, 5) is 21.4. The van der Waals surface area contributed by atoms with Gasteiger partial charge in [-0.25, -0.2) is 4.98 Å². The van der Waals surface area contributed by atoms with Gasteiger partial charge in [-0.2, -0.15) is 0 Å². The molecule has 1 atom stereocenters. The van der Waals surface area contributed by atoms with Crippen LogP contribution in [0.2, 0.25) is 5.02 Å². The summed E-state index contributed by atoms with van der Waals surface area (Å²) >= 11 is 5.89. The molecule has 1 saturated carbocycles. The van der Waals surface area contributed by atoms with Crippen molar-refractivity contribution >= 4 is 23.3 Å². The van der Waals surface area contributed by atoms with E-state index in [1.54, 1.807) is 6.20 Å². The smallest absolute Gasteiger partial charge is 0.225 e. The van der Waals surface area contributed by atoms with Crippen molar-refractivity contribution in [3.8, 4) is 0 Å². The predicted octanol–water partition coefficient (Wildman–Crippen LogP) is 3.60. The average Bonchev–Trinajstić information content (AvgIpc) is 3.32. The number of nitrogens with zero attached hydrogens (tertiary/aromatic N) is 3. The summed E-state index contributed by atoms with van der Waals surface area (Å²) in [6.45, 7) is 6.24. The molecule has 1 saturated heterocycles. The summed E-state index contributed by atoms with van der Waals surface area (Å²) in [5, 5.41) is 0.656. The Morgan fingerprint density at radius 1 is 1.39 bits per heavy atom. The molecule has 1 aliphatic heterocycles. The zero-order valence-corrected chi connectivity index (χ0v) is 15.0. The van der Waals surface area contributed by atoms with E-state index < -0.39 is 0 Å². The van der Waals surface area contributed by atoms with Crippen LogP contribution in [0.4, 0.5) is 5.82 Å². The Kier molecular flexibility index (Phi) is 4.54. The van der Waals surface area contributed by atoms with Crippen LogP contribution in [-0.2, 0) is 4.79 Å². The molecule has 2 aliphatic rings. The van der Waals surface area contributed by atoms with E-state index in [9.17, 15) is 4.79 Å². The third kappa shape index (κ3) is 3.47. The van der Waals surface area contributed by atoms with E-state index in [2.05, 4.69) is 23.7 Å². The maximum absolute atomic E-state index is 12.8. The number of hydrogen-bond acceptors (Lipinski definition) is 3. The van der Waals surface area contributed by atoms with Gasteiger partial charge in [-0.05, 0) is 50.2 Å². The van der Waals surface area contributed by atoms with E-state index >= 15 is 0 Å². The molecular weight excluding hydrogens is 310 g/mol. The van der Waals surface area contributed by atoms with Crippen LogP contribution in [0.15, 0.2) is 18.3 Å². The highest BCUT2D eigenvalue weighted by Crippen LogP contribution is 2.49. The van der Waals surface area contributed by atoms with Gasteiger partial charge in [0.2, 0.25) is 5.91 Å². The molecule has 1 amide bonds. The molecule has 5 heteroatoms. The van der Waals surface area contributed by atoms with Crippen LogP contribution in [0, 0.1) is 11.3 Å². The van der Waals surface area contributed by atoms with E-state index in [1.807, 2.05) is 24.1 Å². The third-order valence-electron chi connectivity index (χ3n) is 5.86. The molecule has 2 fully saturated rings. The standard InChI is InChI=1S/C18H26ClN3O/c1-13(18(2)8-9-18)21(3)17(23)14-6-10-22(11-7-14)16-5-4-15(19)12-20-16/h4-5,12-14H,6-11H2,1-3H3/t13-/m1/s1. The Hall–Kier alpha value is -1.29. The third-order valence-corrected chi connectivity index (χ3v) is 6.08. The van der Waals surface area contributed by atoms with Crippen LogP contribution in [0.3, 0.4) is 0 Å². The molecule has 4 nitrogen and oxygen atoms in total. The molecular formula is C18H26ClN3O. The fraction of sp³-hybridized carbons (Fsp3) is 0.667. The van der Waals surface area contributed by atoms with Crippen molar-refractivity contribution in [1.82, 2.24) is 9.88 Å². The van der Waals surface area contributed by atoms with Crippen LogP contribution >= 0.6 is 11.6 Å². The monoisotopic (exact) mass is 335 g/mol. The lowest BCUT2D eigenvalue weighted by Crippen LogP contribution is -2.46. The highest BCUT2D eigenvalue weighted by Gasteiger charge is 2.46. The first kappa shape index (κ1) is 16.6. The minimum absolute atomic E-state index is 0.147. The summed E-state index contributed by atoms with van der Waals surface area (Å²) in [7, 11) is 1.98. The molecule has 2 heterocycles. The molecule has 0 aromatic carbocycles. The van der Waals surface area contributed by atoms with Gasteiger partial charge in [-0.1, -0.05) is 18.5 Å². The van der Waals surface area contributed by atoms with Crippen LogP contribution in [0.5, 0.6) is 0 Å². The first-order valence-electron chi connectivity index (χ1n) is 8.54. The van der Waals surface area contributed by atoms with Crippen molar-refractivity contribution in [1.29, 1.82) is 0 Å². The summed E-state index contributed by atoms with van der Waals surface area (Å²) in [5.41, 5.74) is 0.346. The Balaban J connectivity index is 1.56. The summed E-state index contributed by atoms with van der Waals surface area (Å²) in [5.74, 6) is 1.41. The van der Waals surface area contributed by atoms with Gasteiger partial charge in [0.1, 0.15) is 5.82 Å². The van der Waals surface area contributed by atoms with Gasteiger partial charge in [0, 0.05) is 38.3 Å². The Labute approximate surface area is 143 Å². The zero-order valence-electron chi connectivity index (χ0n) is 14.3. The number of anilines is 1. The summed E-state index contributed by atoms with van der Waals surface area (Å²) in [6.07, 6.45) is 5.96. The average molecular weight is 336 g/mol. The first-order valence-corrected chi connectivity index (χ1v) is 8.92. The molecule has 0 bridgehead atoms. The number of rotatable bonds is 4. The molecule has 126 valence electrons. The molecule has 1 aromatic heterocycles. The number of carbonyl (C=O) groups excluding carboxylic acids is 1. The molecule has 0 N–H and O–H groups in total. The van der Waals surface area contributed by atoms with Gasteiger partial charge in [0.15, 0.2) is 0 Å². The van der Waals surface area contributed by atoms with Gasteiger partial charge in [-0.15, -0.1) is 0 Å². The van der Waals surface area contributed by atoms with Crippen LogP contribution in [0.1, 0.15) is 39.5 Å². The molecule has 0 spiro atoms. The fourth-order valence-corrected chi connectivity index (χ4v) is 3.58. The predicted molar refractivity (Wildman–Crippen MR) is 93.8 cm³/mol. The number of carbonyl (C=O) groups is 1. The highest BCUT2D eigenvalue weighted by atomic mass is 35.5. The number of hydrogen-bond donors (Lipinski definition) is 0. The van der Waals surface area contributed by atoms with Gasteiger partial charge in [-0.3, -0.25) is 4.79 Å². The number of aromatic nitrogens is 1. The lowest BCUT2D eigenvalue weighted by molar-refractivity contribution is -0.137. The van der Waals surface area contributed by atoms with Crippen LogP contribution in [0.25, 0.3) is 0 Å². The largest absolute Gasteiger partial charge is 0.357 e. The topological polar surface area (TPSA) is 36.4 Å².